The summed E-state index contributed by atoms with van der Waals surface area (Å²) in [6.07, 6.45) is 10.6. The van der Waals surface area contributed by atoms with Crippen LogP contribution >= 0.6 is 0 Å². The van der Waals surface area contributed by atoms with E-state index in [1.54, 1.807) is 0 Å². The van der Waals surface area contributed by atoms with Crippen molar-refractivity contribution in [3.05, 3.63) is 0 Å². The van der Waals surface area contributed by atoms with E-state index >= 15 is 0 Å². The molecule has 1 aliphatic heterocycles. The minimum Gasteiger partial charge on any atom is -0.480 e. The minimum absolute atomic E-state index is 0.226. The number of piperidine rings is 1. The fraction of sp³-hybridized carbons (Fsp3) is 0.933. The van der Waals surface area contributed by atoms with E-state index in [2.05, 4.69) is 11.8 Å². The van der Waals surface area contributed by atoms with Gasteiger partial charge in [-0.25, -0.2) is 0 Å². The van der Waals surface area contributed by atoms with Crippen LogP contribution in [0.25, 0.3) is 0 Å². The molecule has 3 heteroatoms. The molecule has 0 radical (unpaired) electrons. The summed E-state index contributed by atoms with van der Waals surface area (Å²) < 4.78 is 0. The second-order valence-corrected chi connectivity index (χ2v) is 5.99. The number of aliphatic carboxylic acids is 1. The summed E-state index contributed by atoms with van der Waals surface area (Å²) in [6, 6.07) is 0.335. The monoisotopic (exact) mass is 253 g/mol. The van der Waals surface area contributed by atoms with E-state index in [1.165, 1.54) is 38.5 Å². The van der Waals surface area contributed by atoms with E-state index in [0.29, 0.717) is 6.04 Å². The van der Waals surface area contributed by atoms with Crippen LogP contribution in [0.3, 0.4) is 0 Å². The Labute approximate surface area is 111 Å². The Balaban J connectivity index is 2.04. The van der Waals surface area contributed by atoms with Crippen LogP contribution < -0.4 is 0 Å². The quantitative estimate of drug-likeness (QED) is 0.817. The van der Waals surface area contributed by atoms with Gasteiger partial charge in [-0.2, -0.15) is 0 Å². The molecule has 104 valence electrons. The van der Waals surface area contributed by atoms with Crippen LogP contribution in [0.2, 0.25) is 0 Å². The summed E-state index contributed by atoms with van der Waals surface area (Å²) in [5.41, 5.74) is 0. The standard InChI is InChI=1S/C15H27NO2/c1-2-3-9-14(15(17)18)16-11-6-8-12-7-4-5-10-13(12)16/h12-14H,2-11H2,1H3,(H,17,18). The predicted molar refractivity (Wildman–Crippen MR) is 72.6 cm³/mol. The van der Waals surface area contributed by atoms with Gasteiger partial charge in [0.25, 0.3) is 0 Å². The van der Waals surface area contributed by atoms with E-state index in [4.69, 9.17) is 0 Å². The van der Waals surface area contributed by atoms with Crippen molar-refractivity contribution in [1.29, 1.82) is 0 Å². The predicted octanol–water partition coefficient (Wildman–Crippen LogP) is 3.28. The summed E-state index contributed by atoms with van der Waals surface area (Å²) in [5.74, 6) is 0.172. The summed E-state index contributed by atoms with van der Waals surface area (Å²) in [7, 11) is 0. The van der Waals surface area contributed by atoms with Gasteiger partial charge in [0.15, 0.2) is 0 Å². The number of carboxylic acids is 1. The molecule has 1 saturated carbocycles. The van der Waals surface area contributed by atoms with Gasteiger partial charge in [0.2, 0.25) is 0 Å². The number of fused-ring (bicyclic) bond motifs is 1. The SMILES string of the molecule is CCCCC(C(=O)O)N1CCCC2CCCCC21. The molecule has 0 spiro atoms. The summed E-state index contributed by atoms with van der Waals surface area (Å²) in [6.45, 7) is 3.14. The van der Waals surface area contributed by atoms with Crippen LogP contribution in [0, 0.1) is 5.92 Å². The van der Waals surface area contributed by atoms with Gasteiger partial charge >= 0.3 is 5.97 Å². The van der Waals surface area contributed by atoms with Crippen molar-refractivity contribution in [2.45, 2.75) is 76.8 Å². The second kappa shape index (κ2) is 6.55. The fourth-order valence-electron chi connectivity index (χ4n) is 3.88. The van der Waals surface area contributed by atoms with Crippen LogP contribution in [0.4, 0.5) is 0 Å². The highest BCUT2D eigenvalue weighted by Crippen LogP contribution is 2.36. The number of hydrogen-bond acceptors (Lipinski definition) is 2. The first-order chi connectivity index (χ1) is 8.74. The second-order valence-electron chi connectivity index (χ2n) is 5.99. The van der Waals surface area contributed by atoms with Gasteiger partial charge in [-0.05, 0) is 44.6 Å². The van der Waals surface area contributed by atoms with E-state index in [0.717, 1.165) is 31.7 Å². The molecule has 1 N–H and O–H groups in total. The Morgan fingerprint density at radius 3 is 2.72 bits per heavy atom. The molecule has 3 unspecified atom stereocenters. The van der Waals surface area contributed by atoms with Gasteiger partial charge in [-0.1, -0.05) is 32.6 Å². The average molecular weight is 253 g/mol. The first-order valence-electron chi connectivity index (χ1n) is 7.72. The molecule has 0 amide bonds. The molecule has 3 atom stereocenters. The molecule has 1 heterocycles. The lowest BCUT2D eigenvalue weighted by molar-refractivity contribution is -0.146. The van der Waals surface area contributed by atoms with E-state index in [-0.39, 0.29) is 6.04 Å². The van der Waals surface area contributed by atoms with E-state index in [9.17, 15) is 9.90 Å². The van der Waals surface area contributed by atoms with Crippen LogP contribution in [-0.4, -0.2) is 34.6 Å². The molecular formula is C15H27NO2. The Bertz CT molecular complexity index is 278. The number of rotatable bonds is 5. The molecule has 0 bridgehead atoms. The Morgan fingerprint density at radius 2 is 2.00 bits per heavy atom. The van der Waals surface area contributed by atoms with Gasteiger partial charge in [0.1, 0.15) is 6.04 Å². The lowest BCUT2D eigenvalue weighted by Gasteiger charge is -2.46. The third-order valence-corrected chi connectivity index (χ3v) is 4.80. The topological polar surface area (TPSA) is 40.5 Å². The molecule has 0 aromatic heterocycles. The Morgan fingerprint density at radius 1 is 1.28 bits per heavy atom. The van der Waals surface area contributed by atoms with Crippen LogP contribution in [0.1, 0.15) is 64.7 Å². The third-order valence-electron chi connectivity index (χ3n) is 4.80. The average Bonchev–Trinajstić information content (AvgIpc) is 2.39. The molecule has 2 rings (SSSR count). The minimum atomic E-state index is -0.602. The largest absolute Gasteiger partial charge is 0.480 e. The van der Waals surface area contributed by atoms with Gasteiger partial charge in [-0.3, -0.25) is 9.69 Å². The molecule has 1 saturated heterocycles. The van der Waals surface area contributed by atoms with Gasteiger partial charge in [0.05, 0.1) is 0 Å². The molecule has 0 aromatic rings. The zero-order valence-corrected chi connectivity index (χ0v) is 11.6. The molecule has 18 heavy (non-hydrogen) atoms. The van der Waals surface area contributed by atoms with Crippen LogP contribution in [0.15, 0.2) is 0 Å². The lowest BCUT2D eigenvalue weighted by Crippen LogP contribution is -2.54. The van der Waals surface area contributed by atoms with Crippen LogP contribution in [0.5, 0.6) is 0 Å². The van der Waals surface area contributed by atoms with Crippen molar-refractivity contribution in [1.82, 2.24) is 4.90 Å². The van der Waals surface area contributed by atoms with E-state index in [1.807, 2.05) is 0 Å². The third kappa shape index (κ3) is 3.05. The van der Waals surface area contributed by atoms with Gasteiger partial charge < -0.3 is 5.11 Å². The Hall–Kier alpha value is -0.570. The maximum Gasteiger partial charge on any atom is 0.320 e. The van der Waals surface area contributed by atoms with Crippen molar-refractivity contribution in [2.24, 2.45) is 5.92 Å². The maximum atomic E-state index is 11.5. The number of unbranched alkanes of at least 4 members (excludes halogenated alkanes) is 1. The number of likely N-dealkylation sites (tertiary alicyclic amines) is 1. The highest BCUT2D eigenvalue weighted by Gasteiger charge is 2.38. The highest BCUT2D eigenvalue weighted by molar-refractivity contribution is 5.73. The molecule has 2 fully saturated rings. The van der Waals surface area contributed by atoms with Crippen LogP contribution in [-0.2, 0) is 4.79 Å². The smallest absolute Gasteiger partial charge is 0.320 e. The summed E-state index contributed by atoms with van der Waals surface area (Å²) in [5, 5.41) is 9.50. The maximum absolute atomic E-state index is 11.5. The van der Waals surface area contributed by atoms with Gasteiger partial charge in [0, 0.05) is 6.04 Å². The molecule has 3 nitrogen and oxygen atoms in total. The molecule has 1 aliphatic carbocycles. The molecular weight excluding hydrogens is 226 g/mol. The van der Waals surface area contributed by atoms with Crippen molar-refractivity contribution >= 4 is 5.97 Å². The molecule has 0 aromatic carbocycles. The number of carboxylic acid groups (broad SMARTS) is 1. The van der Waals surface area contributed by atoms with Crippen molar-refractivity contribution < 1.29 is 9.90 Å². The number of nitrogens with zero attached hydrogens (tertiary/aromatic N) is 1. The highest BCUT2D eigenvalue weighted by atomic mass is 16.4. The first-order valence-corrected chi connectivity index (χ1v) is 7.72. The van der Waals surface area contributed by atoms with E-state index < -0.39 is 5.97 Å². The number of hydrogen-bond donors (Lipinski definition) is 1. The summed E-state index contributed by atoms with van der Waals surface area (Å²) >= 11 is 0. The fourth-order valence-corrected chi connectivity index (χ4v) is 3.88. The zero-order chi connectivity index (χ0) is 13.0. The summed E-state index contributed by atoms with van der Waals surface area (Å²) in [4.78, 5) is 13.9. The molecule has 2 aliphatic rings. The van der Waals surface area contributed by atoms with Crippen molar-refractivity contribution in [3.8, 4) is 0 Å². The lowest BCUT2D eigenvalue weighted by atomic mass is 9.77. The zero-order valence-electron chi connectivity index (χ0n) is 11.6. The first kappa shape index (κ1) is 13.9. The van der Waals surface area contributed by atoms with Crippen molar-refractivity contribution in [2.75, 3.05) is 6.54 Å². The van der Waals surface area contributed by atoms with Gasteiger partial charge in [-0.15, -0.1) is 0 Å². The normalized spacial score (nSPS) is 30.7. The number of carbonyl (C=O) groups is 1. The Kier molecular flexibility index (Phi) is 5.04. The van der Waals surface area contributed by atoms with Crippen molar-refractivity contribution in [3.63, 3.8) is 0 Å².